The lowest BCUT2D eigenvalue weighted by Crippen LogP contribution is -2.11. The number of aromatic nitrogens is 1. The first-order valence-electron chi connectivity index (χ1n) is 14.9. The molecule has 3 heteroatoms. The topological polar surface area (TPSA) is 8.17 Å². The quantitative estimate of drug-likeness (QED) is 0.204. The number of anilines is 3. The van der Waals surface area contributed by atoms with Crippen molar-refractivity contribution in [2.45, 2.75) is 26.2 Å². The fourth-order valence-electron chi connectivity index (χ4n) is 6.37. The molecule has 0 aliphatic heterocycles. The van der Waals surface area contributed by atoms with E-state index in [0.29, 0.717) is 0 Å². The highest BCUT2D eigenvalue weighted by atomic mass is 32.1. The van der Waals surface area contributed by atoms with E-state index >= 15 is 0 Å². The smallest absolute Gasteiger partial charge is 0.0541 e. The maximum atomic E-state index is 2.42. The molecule has 6 aromatic carbocycles. The van der Waals surface area contributed by atoms with Crippen LogP contribution in [0.25, 0.3) is 47.7 Å². The van der Waals surface area contributed by atoms with Gasteiger partial charge < -0.3 is 9.47 Å². The average Bonchev–Trinajstić information content (AvgIpc) is 3.57. The van der Waals surface area contributed by atoms with Crippen molar-refractivity contribution < 1.29 is 0 Å². The third kappa shape index (κ3) is 4.31. The number of nitrogens with zero attached hydrogens (tertiary/aromatic N) is 2. The number of hydrogen-bond donors (Lipinski definition) is 0. The molecule has 8 rings (SSSR count). The van der Waals surface area contributed by atoms with Gasteiger partial charge in [0.05, 0.1) is 11.0 Å². The van der Waals surface area contributed by atoms with E-state index in [0.717, 1.165) is 22.7 Å². The van der Waals surface area contributed by atoms with E-state index in [4.69, 9.17) is 0 Å². The lowest BCUT2D eigenvalue weighted by Gasteiger charge is -2.26. The van der Waals surface area contributed by atoms with E-state index in [1.54, 1.807) is 0 Å². The van der Waals surface area contributed by atoms with E-state index in [9.17, 15) is 0 Å². The Morgan fingerprint density at radius 3 is 2.00 bits per heavy atom. The minimum atomic E-state index is 0.0857. The first-order chi connectivity index (χ1) is 21.0. The molecular weight excluding hydrogens is 541 g/mol. The summed E-state index contributed by atoms with van der Waals surface area (Å²) in [6.07, 6.45) is 0. The summed E-state index contributed by atoms with van der Waals surface area (Å²) >= 11 is 1.86. The standard InChI is InChI=1S/C40H32N2S/c1-40(2,3)27-20-22-37-34(24-27)32-16-7-9-18-36(32)42(37)30-15-11-14-29(25-30)41(28-12-5-4-6-13-28)31-21-23-39-35(26-31)33-17-8-10-19-38(33)43-39/h4-26H,1-3H3. The summed E-state index contributed by atoms with van der Waals surface area (Å²) in [5, 5.41) is 5.19. The molecule has 8 aromatic rings. The van der Waals surface area contributed by atoms with Crippen LogP contribution in [0, 0.1) is 0 Å². The van der Waals surface area contributed by atoms with Gasteiger partial charge in [0.2, 0.25) is 0 Å². The largest absolute Gasteiger partial charge is 0.310 e. The minimum absolute atomic E-state index is 0.0857. The van der Waals surface area contributed by atoms with Crippen LogP contribution in [0.1, 0.15) is 26.3 Å². The maximum absolute atomic E-state index is 2.42. The summed E-state index contributed by atoms with van der Waals surface area (Å²) in [5.74, 6) is 0. The Morgan fingerprint density at radius 1 is 0.488 bits per heavy atom. The lowest BCUT2D eigenvalue weighted by molar-refractivity contribution is 0.591. The Kier molecular flexibility index (Phi) is 5.92. The molecule has 0 amide bonds. The molecule has 0 unspecified atom stereocenters. The number of fused-ring (bicyclic) bond motifs is 6. The van der Waals surface area contributed by atoms with Gasteiger partial charge in [-0.1, -0.05) is 87.5 Å². The van der Waals surface area contributed by atoms with Crippen molar-refractivity contribution in [2.75, 3.05) is 4.90 Å². The molecule has 0 atom stereocenters. The van der Waals surface area contributed by atoms with Gasteiger partial charge in [-0.15, -0.1) is 11.3 Å². The first-order valence-corrected chi connectivity index (χ1v) is 15.7. The molecule has 0 aliphatic rings. The van der Waals surface area contributed by atoms with Crippen LogP contribution >= 0.6 is 11.3 Å². The molecule has 0 fully saturated rings. The molecule has 2 heterocycles. The second-order valence-electron chi connectivity index (χ2n) is 12.3. The van der Waals surface area contributed by atoms with Crippen LogP contribution in [-0.4, -0.2) is 4.57 Å². The molecular formula is C40H32N2S. The maximum Gasteiger partial charge on any atom is 0.0541 e. The SMILES string of the molecule is CC(C)(C)c1ccc2c(c1)c1ccccc1n2-c1cccc(N(c2ccccc2)c2ccc3sc4ccccc4c3c2)c1. The molecule has 208 valence electrons. The van der Waals surface area contributed by atoms with Crippen molar-refractivity contribution in [2.24, 2.45) is 0 Å². The Balaban J connectivity index is 1.34. The van der Waals surface area contributed by atoms with E-state index < -0.39 is 0 Å². The predicted octanol–water partition coefficient (Wildman–Crippen LogP) is 11.9. The summed E-state index contributed by atoms with van der Waals surface area (Å²) in [4.78, 5) is 2.38. The van der Waals surface area contributed by atoms with Crippen molar-refractivity contribution in [1.82, 2.24) is 4.57 Å². The fourth-order valence-corrected chi connectivity index (χ4v) is 7.45. The first kappa shape index (κ1) is 25.8. The number of para-hydroxylation sites is 2. The zero-order valence-electron chi connectivity index (χ0n) is 24.6. The highest BCUT2D eigenvalue weighted by molar-refractivity contribution is 7.25. The Labute approximate surface area is 256 Å². The van der Waals surface area contributed by atoms with Crippen molar-refractivity contribution >= 4 is 70.4 Å². The van der Waals surface area contributed by atoms with Gasteiger partial charge >= 0.3 is 0 Å². The highest BCUT2D eigenvalue weighted by Gasteiger charge is 2.19. The minimum Gasteiger partial charge on any atom is -0.310 e. The number of thiophene rings is 1. The van der Waals surface area contributed by atoms with Crippen LogP contribution in [0.4, 0.5) is 17.1 Å². The second kappa shape index (κ2) is 9.86. The van der Waals surface area contributed by atoms with Gasteiger partial charge in [0.25, 0.3) is 0 Å². The van der Waals surface area contributed by atoms with Crippen LogP contribution in [-0.2, 0) is 5.41 Å². The van der Waals surface area contributed by atoms with Crippen molar-refractivity contribution in [3.63, 3.8) is 0 Å². The van der Waals surface area contributed by atoms with Gasteiger partial charge in [0, 0.05) is 53.7 Å². The van der Waals surface area contributed by atoms with Crippen LogP contribution in [0.5, 0.6) is 0 Å². The monoisotopic (exact) mass is 572 g/mol. The van der Waals surface area contributed by atoms with Gasteiger partial charge in [-0.25, -0.2) is 0 Å². The summed E-state index contributed by atoms with van der Waals surface area (Å²) in [5.41, 5.74) is 8.44. The summed E-state index contributed by atoms with van der Waals surface area (Å²) in [6, 6.07) is 51.0. The lowest BCUT2D eigenvalue weighted by atomic mass is 9.86. The molecule has 0 bridgehead atoms. The zero-order valence-corrected chi connectivity index (χ0v) is 25.4. The second-order valence-corrected chi connectivity index (χ2v) is 13.4. The molecule has 0 spiro atoms. The van der Waals surface area contributed by atoms with Crippen LogP contribution in [0.15, 0.2) is 140 Å². The van der Waals surface area contributed by atoms with Crippen molar-refractivity contribution in [1.29, 1.82) is 0 Å². The fraction of sp³-hybridized carbons (Fsp3) is 0.100. The van der Waals surface area contributed by atoms with Crippen molar-refractivity contribution in [3.05, 3.63) is 145 Å². The molecule has 0 aliphatic carbocycles. The molecule has 2 aromatic heterocycles. The zero-order chi connectivity index (χ0) is 29.1. The third-order valence-electron chi connectivity index (χ3n) is 8.52. The van der Waals surface area contributed by atoms with Crippen molar-refractivity contribution in [3.8, 4) is 5.69 Å². The predicted molar refractivity (Wildman–Crippen MR) is 187 cm³/mol. The van der Waals surface area contributed by atoms with Crippen LogP contribution in [0.2, 0.25) is 0 Å². The molecule has 2 nitrogen and oxygen atoms in total. The number of benzene rings is 6. The Bertz CT molecular complexity index is 2280. The van der Waals surface area contributed by atoms with Gasteiger partial charge in [-0.05, 0) is 83.8 Å². The van der Waals surface area contributed by atoms with E-state index in [1.165, 1.54) is 47.5 Å². The molecule has 0 N–H and O–H groups in total. The highest BCUT2D eigenvalue weighted by Crippen LogP contribution is 2.42. The van der Waals surface area contributed by atoms with E-state index in [2.05, 4.69) is 170 Å². The Morgan fingerprint density at radius 2 is 1.16 bits per heavy atom. The summed E-state index contributed by atoms with van der Waals surface area (Å²) in [7, 11) is 0. The van der Waals surface area contributed by atoms with E-state index in [-0.39, 0.29) is 5.41 Å². The van der Waals surface area contributed by atoms with Gasteiger partial charge in [-0.3, -0.25) is 0 Å². The summed E-state index contributed by atoms with van der Waals surface area (Å²) < 4.78 is 5.05. The van der Waals surface area contributed by atoms with Crippen LogP contribution in [0.3, 0.4) is 0 Å². The average molecular weight is 573 g/mol. The van der Waals surface area contributed by atoms with Gasteiger partial charge in [-0.2, -0.15) is 0 Å². The number of rotatable bonds is 4. The van der Waals surface area contributed by atoms with Gasteiger partial charge in [0.15, 0.2) is 0 Å². The third-order valence-corrected chi connectivity index (χ3v) is 9.67. The molecule has 43 heavy (non-hydrogen) atoms. The van der Waals surface area contributed by atoms with Gasteiger partial charge in [0.1, 0.15) is 0 Å². The summed E-state index contributed by atoms with van der Waals surface area (Å²) in [6.45, 7) is 6.85. The van der Waals surface area contributed by atoms with E-state index in [1.807, 2.05) is 11.3 Å². The molecule has 0 radical (unpaired) electrons. The normalized spacial score (nSPS) is 12.1. The van der Waals surface area contributed by atoms with Crippen LogP contribution < -0.4 is 4.90 Å². The molecule has 0 saturated carbocycles. The molecule has 0 saturated heterocycles. The Hall–Kier alpha value is -4.86. The number of hydrogen-bond acceptors (Lipinski definition) is 2.